The summed E-state index contributed by atoms with van der Waals surface area (Å²) < 4.78 is 11.4. The third kappa shape index (κ3) is 5.05. The van der Waals surface area contributed by atoms with Gasteiger partial charge in [-0.1, -0.05) is 54.6 Å². The maximum atomic E-state index is 14.8. The van der Waals surface area contributed by atoms with Gasteiger partial charge in [0.25, 0.3) is 0 Å². The molecule has 0 bridgehead atoms. The molecule has 7 rings (SSSR count). The average Bonchev–Trinajstić information content (AvgIpc) is 3.81. The van der Waals surface area contributed by atoms with Crippen molar-refractivity contribution in [3.8, 4) is 0 Å². The number of H-pyrrole nitrogens is 3. The van der Waals surface area contributed by atoms with Gasteiger partial charge in [-0.05, 0) is 60.6 Å². The van der Waals surface area contributed by atoms with Crippen molar-refractivity contribution in [3.63, 3.8) is 0 Å². The lowest BCUT2D eigenvalue weighted by molar-refractivity contribution is -0.150. The van der Waals surface area contributed by atoms with Crippen molar-refractivity contribution in [2.45, 2.75) is 37.6 Å². The molecule has 4 heterocycles. The number of esters is 1. The number of fused-ring (bicyclic) bond motifs is 3. The van der Waals surface area contributed by atoms with E-state index in [0.717, 1.165) is 62.2 Å². The van der Waals surface area contributed by atoms with Gasteiger partial charge in [0.05, 0.1) is 6.61 Å². The zero-order chi connectivity index (χ0) is 30.1. The highest BCUT2D eigenvalue weighted by Crippen LogP contribution is 2.40. The van der Waals surface area contributed by atoms with Crippen LogP contribution in [0, 0.1) is 5.92 Å². The fourth-order valence-corrected chi connectivity index (χ4v) is 6.59. The van der Waals surface area contributed by atoms with E-state index in [1.54, 1.807) is 0 Å². The van der Waals surface area contributed by atoms with Crippen molar-refractivity contribution in [1.29, 1.82) is 0 Å². The second kappa shape index (κ2) is 11.7. The predicted molar refractivity (Wildman–Crippen MR) is 171 cm³/mol. The van der Waals surface area contributed by atoms with Crippen LogP contribution in [0.25, 0.3) is 32.7 Å². The molecule has 1 aliphatic heterocycles. The molecule has 0 saturated carbocycles. The van der Waals surface area contributed by atoms with Gasteiger partial charge in [-0.25, -0.2) is 4.79 Å². The molecular weight excluding hydrogens is 552 g/mol. The van der Waals surface area contributed by atoms with Crippen LogP contribution in [-0.2, 0) is 30.9 Å². The minimum atomic E-state index is -1.14. The van der Waals surface area contributed by atoms with Crippen LogP contribution in [0.2, 0.25) is 0 Å². The zero-order valence-electron chi connectivity index (χ0n) is 24.7. The molecule has 4 N–H and O–H groups in total. The minimum Gasteiger partial charge on any atom is -0.464 e. The van der Waals surface area contributed by atoms with E-state index in [-0.39, 0.29) is 11.8 Å². The Labute approximate surface area is 255 Å². The fraction of sp³-hybridized carbons (Fsp3) is 0.278. The van der Waals surface area contributed by atoms with Gasteiger partial charge in [-0.15, -0.1) is 0 Å². The number of aromatic amines is 3. The van der Waals surface area contributed by atoms with E-state index in [2.05, 4.69) is 20.3 Å². The number of amides is 1. The highest BCUT2D eigenvalue weighted by atomic mass is 16.5. The molecule has 0 aliphatic carbocycles. The van der Waals surface area contributed by atoms with E-state index in [4.69, 9.17) is 9.47 Å². The third-order valence-corrected chi connectivity index (χ3v) is 9.20. The maximum Gasteiger partial charge on any atom is 0.328 e. The number of carbonyl (C=O) groups excluding carboxylic acids is 2. The number of rotatable bonds is 9. The first-order valence-electron chi connectivity index (χ1n) is 15.3. The summed E-state index contributed by atoms with van der Waals surface area (Å²) in [5.41, 5.74) is 4.31. The number of aromatic nitrogens is 3. The van der Waals surface area contributed by atoms with E-state index in [1.165, 1.54) is 0 Å². The molecule has 6 aromatic rings. The summed E-state index contributed by atoms with van der Waals surface area (Å²) in [6, 6.07) is 23.0. The molecule has 1 saturated heterocycles. The molecule has 1 fully saturated rings. The zero-order valence-corrected chi connectivity index (χ0v) is 24.7. The SMILES string of the molecule is CC(C(=O)N[C@@H](Cc1c[nH]c2ccccc12)C(=O)OCC1CCOCC1)(c1c[nH]c2ccccc12)c1c[nH]c2ccccc12. The number of hydrogen-bond donors (Lipinski definition) is 4. The van der Waals surface area contributed by atoms with E-state index >= 15 is 0 Å². The van der Waals surface area contributed by atoms with E-state index in [9.17, 15) is 9.59 Å². The molecule has 1 amide bonds. The number of ether oxygens (including phenoxy) is 2. The van der Waals surface area contributed by atoms with Gasteiger partial charge in [0.1, 0.15) is 11.5 Å². The molecule has 8 nitrogen and oxygen atoms in total. The first-order valence-corrected chi connectivity index (χ1v) is 15.3. The minimum absolute atomic E-state index is 0.250. The summed E-state index contributed by atoms with van der Waals surface area (Å²) >= 11 is 0. The Morgan fingerprint density at radius 1 is 0.818 bits per heavy atom. The van der Waals surface area contributed by atoms with E-state index in [1.807, 2.05) is 98.3 Å². The standard InChI is InChI=1S/C36H36N4O4/c1-36(28-20-38-31-12-6-3-9-26(28)31,29-21-39-32-13-7-4-10-27(29)32)35(42)40-33(34(41)44-22-23-14-16-43-17-15-23)18-24-19-37-30-11-5-2-8-25(24)30/h2-13,19-21,23,33,37-39H,14-18,22H2,1H3,(H,40,42)/t33-/m0/s1. The highest BCUT2D eigenvalue weighted by Gasteiger charge is 2.42. The first kappa shape index (κ1) is 28.0. The van der Waals surface area contributed by atoms with Crippen molar-refractivity contribution in [1.82, 2.24) is 20.3 Å². The molecule has 44 heavy (non-hydrogen) atoms. The van der Waals surface area contributed by atoms with Crippen molar-refractivity contribution in [2.24, 2.45) is 5.92 Å². The topological polar surface area (TPSA) is 112 Å². The normalized spacial score (nSPS) is 15.1. The average molecular weight is 589 g/mol. The lowest BCUT2D eigenvalue weighted by Crippen LogP contribution is -2.51. The van der Waals surface area contributed by atoms with Crippen molar-refractivity contribution in [2.75, 3.05) is 19.8 Å². The number of carbonyl (C=O) groups is 2. The molecule has 1 atom stereocenters. The molecular formula is C36H36N4O4. The van der Waals surface area contributed by atoms with E-state index in [0.29, 0.717) is 26.2 Å². The van der Waals surface area contributed by atoms with Crippen LogP contribution in [-0.4, -0.2) is 52.7 Å². The van der Waals surface area contributed by atoms with Crippen LogP contribution in [0.5, 0.6) is 0 Å². The second-order valence-corrected chi connectivity index (χ2v) is 11.9. The summed E-state index contributed by atoms with van der Waals surface area (Å²) in [5.74, 6) is -0.463. The van der Waals surface area contributed by atoms with Crippen LogP contribution in [0.15, 0.2) is 91.4 Å². The van der Waals surface area contributed by atoms with Crippen LogP contribution in [0.1, 0.15) is 36.5 Å². The molecule has 1 aliphatic rings. The Hall–Kier alpha value is -4.82. The molecule has 8 heteroatoms. The lowest BCUT2D eigenvalue weighted by atomic mass is 9.75. The number of nitrogens with one attached hydrogen (secondary N) is 4. The van der Waals surface area contributed by atoms with Gasteiger partial charge in [0.15, 0.2) is 0 Å². The van der Waals surface area contributed by atoms with Gasteiger partial charge in [0.2, 0.25) is 5.91 Å². The maximum absolute atomic E-state index is 14.8. The van der Waals surface area contributed by atoms with Crippen molar-refractivity contribution in [3.05, 3.63) is 108 Å². The fourth-order valence-electron chi connectivity index (χ4n) is 6.59. The Morgan fingerprint density at radius 3 is 1.95 bits per heavy atom. The molecule has 0 unspecified atom stereocenters. The molecule has 3 aromatic carbocycles. The van der Waals surface area contributed by atoms with Gasteiger partial charge >= 0.3 is 5.97 Å². The largest absolute Gasteiger partial charge is 0.464 e. The number of para-hydroxylation sites is 3. The third-order valence-electron chi connectivity index (χ3n) is 9.20. The number of benzene rings is 3. The Morgan fingerprint density at radius 2 is 1.34 bits per heavy atom. The second-order valence-electron chi connectivity index (χ2n) is 11.9. The molecule has 0 radical (unpaired) electrons. The van der Waals surface area contributed by atoms with E-state index < -0.39 is 17.4 Å². The van der Waals surface area contributed by atoms with Gasteiger partial charge in [-0.2, -0.15) is 0 Å². The smallest absolute Gasteiger partial charge is 0.328 e. The Kier molecular flexibility index (Phi) is 7.44. The summed E-state index contributed by atoms with van der Waals surface area (Å²) in [5, 5.41) is 6.09. The summed E-state index contributed by atoms with van der Waals surface area (Å²) in [6.45, 7) is 3.59. The molecule has 224 valence electrons. The monoisotopic (exact) mass is 588 g/mol. The summed E-state index contributed by atoms with van der Waals surface area (Å²) in [7, 11) is 0. The van der Waals surface area contributed by atoms with Crippen molar-refractivity contribution < 1.29 is 19.1 Å². The summed E-state index contributed by atoms with van der Waals surface area (Å²) in [4.78, 5) is 38.6. The molecule has 3 aromatic heterocycles. The quantitative estimate of drug-likeness (QED) is 0.152. The predicted octanol–water partition coefficient (Wildman–Crippen LogP) is 6.13. The molecule has 0 spiro atoms. The number of hydrogen-bond acceptors (Lipinski definition) is 4. The van der Waals surface area contributed by atoms with Gasteiger partial charge < -0.3 is 29.7 Å². The van der Waals surface area contributed by atoms with Crippen LogP contribution in [0.4, 0.5) is 0 Å². The lowest BCUT2D eigenvalue weighted by Gasteiger charge is -2.31. The first-order chi connectivity index (χ1) is 21.5. The van der Waals surface area contributed by atoms with Gasteiger partial charge in [-0.3, -0.25) is 4.79 Å². The Balaban J connectivity index is 1.27. The van der Waals surface area contributed by atoms with Crippen LogP contribution in [0.3, 0.4) is 0 Å². The summed E-state index contributed by atoms with van der Waals surface area (Å²) in [6.07, 6.45) is 7.72. The van der Waals surface area contributed by atoms with Gasteiger partial charge in [0, 0.05) is 70.9 Å². The van der Waals surface area contributed by atoms with Crippen molar-refractivity contribution >= 4 is 44.6 Å². The van der Waals surface area contributed by atoms with Crippen LogP contribution >= 0.6 is 0 Å². The Bertz CT molecular complexity index is 1870. The highest BCUT2D eigenvalue weighted by molar-refractivity contribution is 6.03. The van der Waals surface area contributed by atoms with Crippen LogP contribution < -0.4 is 5.32 Å².